The number of nitrogens with zero attached hydrogens (tertiary/aromatic N) is 1. The van der Waals surface area contributed by atoms with Gasteiger partial charge in [0.15, 0.2) is 0 Å². The topological polar surface area (TPSA) is 41.5 Å². The van der Waals surface area contributed by atoms with Gasteiger partial charge in [0.05, 0.1) is 6.21 Å². The van der Waals surface area contributed by atoms with Gasteiger partial charge in [-0.2, -0.15) is 5.10 Å². The molecule has 0 aliphatic rings. The van der Waals surface area contributed by atoms with Crippen molar-refractivity contribution in [1.29, 1.82) is 0 Å². The molecular weight excluding hydrogens is 304 g/mol. The monoisotopic (exact) mass is 316 g/mol. The van der Waals surface area contributed by atoms with Crippen molar-refractivity contribution in [2.24, 2.45) is 5.10 Å². The average Bonchev–Trinajstić information content (AvgIpc) is 2.39. The van der Waals surface area contributed by atoms with Crippen LogP contribution in [0.4, 0.5) is 0 Å². The highest BCUT2D eigenvalue weighted by Gasteiger charge is 2.02. The fourth-order valence-corrected chi connectivity index (χ4v) is 1.94. The minimum atomic E-state index is -0.216. The van der Waals surface area contributed by atoms with Gasteiger partial charge in [0.2, 0.25) is 0 Å². The maximum Gasteiger partial charge on any atom is 0.271 e. The molecule has 0 fully saturated rings. The van der Waals surface area contributed by atoms with E-state index in [1.54, 1.807) is 18.3 Å². The van der Waals surface area contributed by atoms with E-state index in [0.29, 0.717) is 5.56 Å². The number of hydrogen-bond donors (Lipinski definition) is 1. The van der Waals surface area contributed by atoms with E-state index in [-0.39, 0.29) is 5.91 Å². The van der Waals surface area contributed by atoms with Crippen molar-refractivity contribution >= 4 is 28.1 Å². The first kappa shape index (κ1) is 13.5. The molecule has 0 aliphatic heterocycles. The summed E-state index contributed by atoms with van der Waals surface area (Å²) in [6.07, 6.45) is 1.61. The highest BCUT2D eigenvalue weighted by Crippen LogP contribution is 2.09. The maximum atomic E-state index is 11.8. The van der Waals surface area contributed by atoms with Gasteiger partial charge >= 0.3 is 0 Å². The molecule has 0 saturated carbocycles. The molecule has 1 amide bonds. The summed E-state index contributed by atoms with van der Waals surface area (Å²) in [6, 6.07) is 15.0. The first-order valence-electron chi connectivity index (χ1n) is 5.81. The molecule has 0 unspecified atom stereocenters. The first-order chi connectivity index (χ1) is 9.15. The van der Waals surface area contributed by atoms with Gasteiger partial charge in [0.1, 0.15) is 0 Å². The minimum Gasteiger partial charge on any atom is -0.267 e. The minimum absolute atomic E-state index is 0.216. The van der Waals surface area contributed by atoms with Crippen LogP contribution in [0.15, 0.2) is 58.1 Å². The van der Waals surface area contributed by atoms with E-state index in [0.717, 1.165) is 15.6 Å². The highest BCUT2D eigenvalue weighted by atomic mass is 79.9. The summed E-state index contributed by atoms with van der Waals surface area (Å²) in [7, 11) is 0. The van der Waals surface area contributed by atoms with E-state index in [1.165, 1.54) is 0 Å². The zero-order valence-corrected chi connectivity index (χ0v) is 12.0. The third kappa shape index (κ3) is 4.03. The molecule has 0 atom stereocenters. The molecule has 1 N–H and O–H groups in total. The second kappa shape index (κ2) is 6.29. The summed E-state index contributed by atoms with van der Waals surface area (Å²) in [5.41, 5.74) is 5.13. The largest absolute Gasteiger partial charge is 0.271 e. The van der Waals surface area contributed by atoms with Crippen LogP contribution in [0.25, 0.3) is 0 Å². The predicted molar refractivity (Wildman–Crippen MR) is 80.4 cm³/mol. The molecule has 0 bridgehead atoms. The lowest BCUT2D eigenvalue weighted by Gasteiger charge is -2.00. The third-order valence-electron chi connectivity index (χ3n) is 2.54. The number of benzene rings is 2. The van der Waals surface area contributed by atoms with Crippen LogP contribution in [0.1, 0.15) is 21.5 Å². The van der Waals surface area contributed by atoms with Crippen LogP contribution in [0.5, 0.6) is 0 Å². The van der Waals surface area contributed by atoms with Gasteiger partial charge in [0.25, 0.3) is 5.91 Å². The average molecular weight is 317 g/mol. The number of nitrogens with one attached hydrogen (secondary N) is 1. The number of carbonyl (C=O) groups is 1. The maximum absolute atomic E-state index is 11.8. The Morgan fingerprint density at radius 1 is 1.21 bits per heavy atom. The number of hydrazone groups is 1. The van der Waals surface area contributed by atoms with Crippen LogP contribution in [0.2, 0.25) is 0 Å². The fourth-order valence-electron chi connectivity index (χ4n) is 1.52. The summed E-state index contributed by atoms with van der Waals surface area (Å²) < 4.78 is 0.973. The lowest BCUT2D eigenvalue weighted by Crippen LogP contribution is -2.17. The highest BCUT2D eigenvalue weighted by molar-refractivity contribution is 9.10. The van der Waals surface area contributed by atoms with E-state index in [9.17, 15) is 4.79 Å². The quantitative estimate of drug-likeness (QED) is 0.683. The van der Waals surface area contributed by atoms with Crippen LogP contribution < -0.4 is 5.43 Å². The molecule has 0 aromatic heterocycles. The molecule has 0 spiro atoms. The van der Waals surface area contributed by atoms with Crippen molar-refractivity contribution in [3.63, 3.8) is 0 Å². The summed E-state index contributed by atoms with van der Waals surface area (Å²) in [4.78, 5) is 11.8. The summed E-state index contributed by atoms with van der Waals surface area (Å²) in [5.74, 6) is -0.216. The summed E-state index contributed by atoms with van der Waals surface area (Å²) in [6.45, 7) is 1.98. The predicted octanol–water partition coefficient (Wildman–Crippen LogP) is 3.52. The Morgan fingerprint density at radius 2 is 1.95 bits per heavy atom. The molecular formula is C15H13BrN2O. The van der Waals surface area contributed by atoms with E-state index < -0.39 is 0 Å². The van der Waals surface area contributed by atoms with Crippen LogP contribution in [0, 0.1) is 6.92 Å². The van der Waals surface area contributed by atoms with Gasteiger partial charge in [-0.1, -0.05) is 45.8 Å². The molecule has 2 aromatic rings. The zero-order chi connectivity index (χ0) is 13.7. The van der Waals surface area contributed by atoms with Gasteiger partial charge in [-0.05, 0) is 36.8 Å². The van der Waals surface area contributed by atoms with Crippen LogP contribution >= 0.6 is 15.9 Å². The molecule has 2 rings (SSSR count). The lowest BCUT2D eigenvalue weighted by atomic mass is 10.1. The van der Waals surface area contributed by atoms with E-state index >= 15 is 0 Å². The van der Waals surface area contributed by atoms with Crippen LogP contribution in [-0.4, -0.2) is 12.1 Å². The Balaban J connectivity index is 1.98. The van der Waals surface area contributed by atoms with Crippen molar-refractivity contribution in [3.05, 3.63) is 69.7 Å². The van der Waals surface area contributed by atoms with Crippen molar-refractivity contribution < 1.29 is 4.79 Å². The van der Waals surface area contributed by atoms with Crippen LogP contribution in [0.3, 0.4) is 0 Å². The Morgan fingerprint density at radius 3 is 2.63 bits per heavy atom. The van der Waals surface area contributed by atoms with Crippen molar-refractivity contribution in [3.8, 4) is 0 Å². The summed E-state index contributed by atoms with van der Waals surface area (Å²) in [5, 5.41) is 3.94. The van der Waals surface area contributed by atoms with Gasteiger partial charge < -0.3 is 0 Å². The Hall–Kier alpha value is -1.94. The number of aryl methyl sites for hydroxylation is 1. The Bertz CT molecular complexity index is 606. The van der Waals surface area contributed by atoms with Crippen molar-refractivity contribution in [2.75, 3.05) is 0 Å². The standard InChI is InChI=1S/C15H13BrN2O/c1-11-5-7-13(8-6-11)15(19)18-17-10-12-3-2-4-14(16)9-12/h2-10H,1H3,(H,18,19)/b17-10-. The second-order valence-electron chi connectivity index (χ2n) is 4.12. The van der Waals surface area contributed by atoms with Gasteiger partial charge in [-0.15, -0.1) is 0 Å². The smallest absolute Gasteiger partial charge is 0.267 e. The molecule has 4 heteroatoms. The molecule has 0 radical (unpaired) electrons. The van der Waals surface area contributed by atoms with Crippen LogP contribution in [-0.2, 0) is 0 Å². The summed E-state index contributed by atoms with van der Waals surface area (Å²) >= 11 is 3.38. The second-order valence-corrected chi connectivity index (χ2v) is 5.04. The Kier molecular flexibility index (Phi) is 4.47. The first-order valence-corrected chi connectivity index (χ1v) is 6.60. The molecule has 3 nitrogen and oxygen atoms in total. The van der Waals surface area contributed by atoms with E-state index in [4.69, 9.17) is 0 Å². The molecule has 0 saturated heterocycles. The molecule has 0 aliphatic carbocycles. The number of halogens is 1. The van der Waals surface area contributed by atoms with E-state index in [2.05, 4.69) is 26.5 Å². The number of hydrogen-bond acceptors (Lipinski definition) is 2. The van der Waals surface area contributed by atoms with E-state index in [1.807, 2.05) is 43.3 Å². The number of rotatable bonds is 3. The van der Waals surface area contributed by atoms with Gasteiger partial charge in [-0.3, -0.25) is 4.79 Å². The van der Waals surface area contributed by atoms with Crippen molar-refractivity contribution in [1.82, 2.24) is 5.43 Å². The number of carbonyl (C=O) groups excluding carboxylic acids is 1. The number of amides is 1. The Labute approximate surface area is 120 Å². The third-order valence-corrected chi connectivity index (χ3v) is 3.04. The van der Waals surface area contributed by atoms with Gasteiger partial charge in [0, 0.05) is 10.0 Å². The normalized spacial score (nSPS) is 10.6. The SMILES string of the molecule is Cc1ccc(C(=O)N/N=C\c2cccc(Br)c2)cc1. The zero-order valence-electron chi connectivity index (χ0n) is 10.4. The molecule has 2 aromatic carbocycles. The van der Waals surface area contributed by atoms with Crippen molar-refractivity contribution in [2.45, 2.75) is 6.92 Å². The molecule has 96 valence electrons. The van der Waals surface area contributed by atoms with Gasteiger partial charge in [-0.25, -0.2) is 5.43 Å². The molecule has 0 heterocycles. The lowest BCUT2D eigenvalue weighted by molar-refractivity contribution is 0.0955. The fraction of sp³-hybridized carbons (Fsp3) is 0.0667. The molecule has 19 heavy (non-hydrogen) atoms.